The number of hydrogen-bond donors (Lipinski definition) is 3. The van der Waals surface area contributed by atoms with E-state index in [9.17, 15) is 9.59 Å². The largest absolute Gasteiger partial charge is 0.386 e. The van der Waals surface area contributed by atoms with Crippen LogP contribution in [-0.2, 0) is 15.0 Å². The van der Waals surface area contributed by atoms with Crippen molar-refractivity contribution < 1.29 is 9.59 Å². The predicted octanol–water partition coefficient (Wildman–Crippen LogP) is 8.01. The molecule has 1 saturated heterocycles. The molecule has 2 atom stereocenters. The molecule has 1 aromatic heterocycles. The number of aromatic amines is 1. The Labute approximate surface area is 269 Å². The molecule has 4 N–H and O–H groups in total. The van der Waals surface area contributed by atoms with Gasteiger partial charge in [0, 0.05) is 48.1 Å². The second kappa shape index (κ2) is 16.9. The number of likely N-dealkylation sites (tertiary alicyclic amines) is 1. The van der Waals surface area contributed by atoms with Gasteiger partial charge in [-0.25, -0.2) is 0 Å². The fourth-order valence-electron chi connectivity index (χ4n) is 6.73. The topological polar surface area (TPSA) is 91.2 Å². The molecule has 6 nitrogen and oxygen atoms in total. The van der Waals surface area contributed by atoms with E-state index in [1.165, 1.54) is 0 Å². The van der Waals surface area contributed by atoms with Crippen LogP contribution in [0.1, 0.15) is 89.8 Å². The molecule has 4 rings (SSSR count). The lowest BCUT2D eigenvalue weighted by Gasteiger charge is -2.38. The first kappa shape index (κ1) is 33.8. The minimum atomic E-state index is -0.456. The molecule has 1 unspecified atom stereocenters. The highest BCUT2D eigenvalue weighted by molar-refractivity contribution is 6.20. The first-order valence-electron chi connectivity index (χ1n) is 16.7. The van der Waals surface area contributed by atoms with Gasteiger partial charge in [0.2, 0.25) is 5.91 Å². The highest BCUT2D eigenvalue weighted by Gasteiger charge is 2.44. The van der Waals surface area contributed by atoms with Crippen molar-refractivity contribution in [1.29, 1.82) is 0 Å². The van der Waals surface area contributed by atoms with Gasteiger partial charge in [0.05, 0.1) is 11.3 Å². The molecule has 2 aliphatic rings. The molecule has 45 heavy (non-hydrogen) atoms. The third-order valence-corrected chi connectivity index (χ3v) is 9.04. The summed E-state index contributed by atoms with van der Waals surface area (Å²) in [7, 11) is 0. The van der Waals surface area contributed by atoms with Crippen LogP contribution in [0.4, 0.5) is 0 Å². The van der Waals surface area contributed by atoms with Crippen molar-refractivity contribution in [1.82, 2.24) is 15.2 Å². The smallest absolute Gasteiger partial charge is 0.252 e. The molecule has 0 spiro atoms. The Kier molecular flexibility index (Phi) is 12.7. The van der Waals surface area contributed by atoms with E-state index in [1.54, 1.807) is 6.20 Å². The Morgan fingerprint density at radius 2 is 1.56 bits per heavy atom. The summed E-state index contributed by atoms with van der Waals surface area (Å²) in [5, 5.41) is 4.67. The maximum Gasteiger partial charge on any atom is 0.252 e. The maximum atomic E-state index is 13.1. The third-order valence-electron chi connectivity index (χ3n) is 9.04. The molecule has 1 aromatic carbocycles. The zero-order valence-corrected chi connectivity index (χ0v) is 27.4. The summed E-state index contributed by atoms with van der Waals surface area (Å²) in [5.41, 5.74) is 8.90. The van der Waals surface area contributed by atoms with Crippen molar-refractivity contribution in [3.05, 3.63) is 102 Å². The molecule has 6 heteroatoms. The quantitative estimate of drug-likeness (QED) is 0.141. The minimum absolute atomic E-state index is 0.0476. The van der Waals surface area contributed by atoms with Gasteiger partial charge in [-0.15, -0.1) is 0 Å². The van der Waals surface area contributed by atoms with Gasteiger partial charge in [-0.2, -0.15) is 0 Å². The Hall–Kier alpha value is -4.06. The van der Waals surface area contributed by atoms with E-state index in [0.717, 1.165) is 86.6 Å². The fraction of sp³-hybridized carbons (Fsp3) is 0.436. The van der Waals surface area contributed by atoms with Crippen LogP contribution >= 0.6 is 0 Å². The van der Waals surface area contributed by atoms with Gasteiger partial charge in [0.1, 0.15) is 0 Å². The molecule has 1 fully saturated rings. The Morgan fingerprint density at radius 1 is 0.933 bits per heavy atom. The summed E-state index contributed by atoms with van der Waals surface area (Å²) < 4.78 is 0. The number of carbonyl (C=O) groups excluding carboxylic acids is 2. The molecule has 2 aliphatic heterocycles. The zero-order valence-electron chi connectivity index (χ0n) is 27.4. The van der Waals surface area contributed by atoms with E-state index in [1.807, 2.05) is 23.1 Å². The molecule has 0 bridgehead atoms. The number of fused-ring (bicyclic) bond motifs is 3. The van der Waals surface area contributed by atoms with Gasteiger partial charge in [0.25, 0.3) is 5.91 Å². The number of nitrogens with two attached hydrogens (primary N) is 1. The maximum absolute atomic E-state index is 13.1. The monoisotopic (exact) mass is 608 g/mol. The van der Waals surface area contributed by atoms with Crippen molar-refractivity contribution in [3.63, 3.8) is 0 Å². The van der Waals surface area contributed by atoms with Gasteiger partial charge < -0.3 is 20.9 Å². The van der Waals surface area contributed by atoms with Crippen LogP contribution in [0.15, 0.2) is 91.2 Å². The molecule has 3 heterocycles. The number of para-hydroxylation sites is 1. The average Bonchev–Trinajstić information content (AvgIpc) is 3.64. The number of rotatable bonds is 15. The first-order valence-corrected chi connectivity index (χ1v) is 16.7. The number of primary amides is 1. The molecule has 0 aliphatic carbocycles. The average molecular weight is 609 g/mol. The van der Waals surface area contributed by atoms with Gasteiger partial charge in [0.15, 0.2) is 0 Å². The molecular formula is C39H52N4O2. The normalized spacial score (nSPS) is 20.2. The van der Waals surface area contributed by atoms with Crippen LogP contribution in [-0.4, -0.2) is 40.8 Å². The number of nitrogens with one attached hydrogen (secondary N) is 2. The Balaban J connectivity index is 1.20. The standard InChI is InChI=1S/C39H52N4O2/c1-4-5-6-7-8-9-10-11-12-13-14-15-16-17-18-19-20-25-34(44)43-27-26-30(29-43)37-39(2,3)35-31-23-21-22-24-33(31)42-36(35)32(28-41-37)38(40)45/h5-6,8-9,11-12,14-15,17-18,21-24,28,30,37,41-42H,4,7,10,13,16,19-20,25-27,29H2,1-3H3,(H2,40,45)/b6-5-,9-8-,12-11-,15-14-,18-17-/t30-,37?/m1/s1. The summed E-state index contributed by atoms with van der Waals surface area (Å²) in [6.45, 7) is 8.11. The fourth-order valence-corrected chi connectivity index (χ4v) is 6.73. The Morgan fingerprint density at radius 3 is 2.20 bits per heavy atom. The lowest BCUT2D eigenvalue weighted by atomic mass is 9.71. The number of allylic oxidation sites excluding steroid dienone is 10. The van der Waals surface area contributed by atoms with Crippen molar-refractivity contribution in [3.8, 4) is 0 Å². The van der Waals surface area contributed by atoms with Crippen LogP contribution in [0.2, 0.25) is 0 Å². The number of nitrogens with zero attached hydrogens (tertiary/aromatic N) is 1. The van der Waals surface area contributed by atoms with Crippen molar-refractivity contribution >= 4 is 28.3 Å². The van der Waals surface area contributed by atoms with Gasteiger partial charge in [-0.05, 0) is 68.9 Å². The first-order chi connectivity index (χ1) is 21.8. The van der Waals surface area contributed by atoms with Crippen LogP contribution in [0.5, 0.6) is 0 Å². The summed E-state index contributed by atoms with van der Waals surface area (Å²) in [5.74, 6) is 0.0415. The van der Waals surface area contributed by atoms with E-state index in [0.29, 0.717) is 12.0 Å². The van der Waals surface area contributed by atoms with Gasteiger partial charge in [-0.1, -0.05) is 99.7 Å². The molecule has 240 valence electrons. The number of unbranched alkanes of at least 4 members (excludes halogenated alkanes) is 1. The summed E-state index contributed by atoms with van der Waals surface area (Å²) >= 11 is 0. The molecular weight excluding hydrogens is 556 g/mol. The van der Waals surface area contributed by atoms with Crippen molar-refractivity contribution in [2.45, 2.75) is 90.0 Å². The van der Waals surface area contributed by atoms with Gasteiger partial charge >= 0.3 is 0 Å². The minimum Gasteiger partial charge on any atom is -0.386 e. The SMILES string of the molecule is CC/C=C\C/C=C\C/C=C\C/C=C\C/C=C\CCCC(=O)N1CC[C@@H](C2NC=C(C(N)=O)c3[nH]c4ccccc4c3C2(C)C)C1. The van der Waals surface area contributed by atoms with E-state index in [4.69, 9.17) is 5.73 Å². The highest BCUT2D eigenvalue weighted by atomic mass is 16.2. The van der Waals surface area contributed by atoms with Crippen LogP contribution in [0.3, 0.4) is 0 Å². The molecule has 0 saturated carbocycles. The number of carbonyl (C=O) groups is 2. The molecule has 0 radical (unpaired) electrons. The Bertz CT molecular complexity index is 1470. The van der Waals surface area contributed by atoms with Crippen molar-refractivity contribution in [2.24, 2.45) is 11.7 Å². The highest BCUT2D eigenvalue weighted by Crippen LogP contribution is 2.43. The summed E-state index contributed by atoms with van der Waals surface area (Å²) in [4.78, 5) is 31.1. The lowest BCUT2D eigenvalue weighted by Crippen LogP contribution is -2.48. The van der Waals surface area contributed by atoms with E-state index in [2.05, 4.69) is 97.9 Å². The van der Waals surface area contributed by atoms with E-state index >= 15 is 0 Å². The van der Waals surface area contributed by atoms with Crippen LogP contribution in [0, 0.1) is 5.92 Å². The molecule has 2 aromatic rings. The number of aromatic nitrogens is 1. The number of amides is 2. The van der Waals surface area contributed by atoms with E-state index < -0.39 is 5.91 Å². The lowest BCUT2D eigenvalue weighted by molar-refractivity contribution is -0.130. The summed E-state index contributed by atoms with van der Waals surface area (Å²) in [6, 6.07) is 8.22. The second-order valence-corrected chi connectivity index (χ2v) is 12.7. The summed E-state index contributed by atoms with van der Waals surface area (Å²) in [6.07, 6.45) is 32.1. The van der Waals surface area contributed by atoms with Crippen molar-refractivity contribution in [2.75, 3.05) is 13.1 Å². The zero-order chi connectivity index (χ0) is 32.1. The van der Waals surface area contributed by atoms with E-state index in [-0.39, 0.29) is 23.3 Å². The predicted molar refractivity (Wildman–Crippen MR) is 188 cm³/mol. The second-order valence-electron chi connectivity index (χ2n) is 12.7. The number of H-pyrrole nitrogens is 1. The van der Waals surface area contributed by atoms with Crippen LogP contribution < -0.4 is 11.1 Å². The third kappa shape index (κ3) is 9.00. The number of hydrogen-bond acceptors (Lipinski definition) is 3. The molecule has 2 amide bonds. The van der Waals surface area contributed by atoms with Crippen LogP contribution in [0.25, 0.3) is 16.5 Å². The number of benzene rings is 1. The van der Waals surface area contributed by atoms with Gasteiger partial charge in [-0.3, -0.25) is 9.59 Å².